The largest absolute Gasteiger partial charge is 0.288 e. The van der Waals surface area contributed by atoms with E-state index < -0.39 is 0 Å². The Kier molecular flexibility index (Phi) is 2.81. The van der Waals surface area contributed by atoms with Gasteiger partial charge >= 0.3 is 0 Å². The minimum Gasteiger partial charge on any atom is -0.288 e. The molecule has 0 bridgehead atoms. The second kappa shape index (κ2) is 3.49. The third kappa shape index (κ3) is 1.84. The molecular weight excluding hydrogens is 481 g/mol. The van der Waals surface area contributed by atoms with Crippen LogP contribution in [0.2, 0.25) is 0 Å². The Morgan fingerprint density at radius 2 is 2.23 bits per heavy atom. The zero-order valence-corrected chi connectivity index (χ0v) is 13.0. The fourth-order valence-corrected chi connectivity index (χ4v) is 3.08. The van der Waals surface area contributed by atoms with Gasteiger partial charge in [0.2, 0.25) is 2.45 Å². The number of rotatable bonds is 0. The molecule has 2 aliphatic rings. The average Bonchev–Trinajstić information content (AvgIpc) is 2.28. The van der Waals surface area contributed by atoms with E-state index in [4.69, 9.17) is 0 Å². The molecule has 0 aromatic rings. The van der Waals surface area contributed by atoms with Gasteiger partial charge in [-0.3, -0.25) is 5.43 Å². The van der Waals surface area contributed by atoms with Gasteiger partial charge in [0.15, 0.2) is 5.82 Å². The van der Waals surface area contributed by atoms with Gasteiger partial charge < -0.3 is 0 Å². The van der Waals surface area contributed by atoms with Gasteiger partial charge in [-0.25, -0.2) is 10.0 Å². The standard InChI is InChI=1S/C6H3Br3IN3/c7-3-1-4(8)12-13-5(3)11-2-6(13,9)10/h1-2,12H. The molecule has 0 amide bonds. The van der Waals surface area contributed by atoms with E-state index in [2.05, 4.69) is 80.8 Å². The summed E-state index contributed by atoms with van der Waals surface area (Å²) >= 11 is 12.6. The minimum atomic E-state index is -0.299. The summed E-state index contributed by atoms with van der Waals surface area (Å²) in [5.41, 5.74) is 3.14. The maximum atomic E-state index is 4.28. The number of alkyl halides is 2. The molecule has 0 aromatic carbocycles. The normalized spacial score (nSPS) is 31.7. The van der Waals surface area contributed by atoms with Crippen LogP contribution in [0.5, 0.6) is 0 Å². The number of hydrogen-bond acceptors (Lipinski definition) is 3. The minimum absolute atomic E-state index is 0.299. The van der Waals surface area contributed by atoms with Gasteiger partial charge in [0.1, 0.15) is 0 Å². The molecule has 1 N–H and O–H groups in total. The Labute approximate surface area is 114 Å². The second-order valence-electron chi connectivity index (χ2n) is 2.46. The fourth-order valence-electron chi connectivity index (χ4n) is 1.01. The van der Waals surface area contributed by atoms with Gasteiger partial charge in [-0.1, -0.05) is 0 Å². The molecule has 2 heterocycles. The predicted octanol–water partition coefficient (Wildman–Crippen LogP) is 3.18. The summed E-state index contributed by atoms with van der Waals surface area (Å²) in [7, 11) is 0. The van der Waals surface area contributed by atoms with E-state index >= 15 is 0 Å². The number of hydrazine groups is 1. The van der Waals surface area contributed by atoms with Crippen LogP contribution in [0, 0.1) is 0 Å². The lowest BCUT2D eigenvalue weighted by atomic mass is 10.5. The molecule has 0 spiro atoms. The van der Waals surface area contributed by atoms with E-state index in [1.165, 1.54) is 0 Å². The molecule has 2 aliphatic heterocycles. The number of halogens is 4. The number of aliphatic imine (C=N–C) groups is 1. The van der Waals surface area contributed by atoms with Crippen LogP contribution in [-0.2, 0) is 0 Å². The van der Waals surface area contributed by atoms with E-state index in [0.29, 0.717) is 0 Å². The van der Waals surface area contributed by atoms with Crippen LogP contribution in [0.15, 0.2) is 26.0 Å². The van der Waals surface area contributed by atoms with Crippen molar-refractivity contribution in [2.45, 2.75) is 2.45 Å². The SMILES string of the molecule is BrC1=CC(Br)=C2N=CC(Br)(I)N2N1. The zero-order chi connectivity index (χ0) is 9.64. The van der Waals surface area contributed by atoms with Crippen molar-refractivity contribution in [2.75, 3.05) is 0 Å². The number of nitrogens with one attached hydrogen (secondary N) is 1. The van der Waals surface area contributed by atoms with Crippen molar-refractivity contribution in [3.8, 4) is 0 Å². The molecule has 0 aromatic heterocycles. The Morgan fingerprint density at radius 3 is 2.92 bits per heavy atom. The van der Waals surface area contributed by atoms with Crippen LogP contribution in [0.4, 0.5) is 0 Å². The van der Waals surface area contributed by atoms with Crippen LogP contribution in [0.3, 0.4) is 0 Å². The van der Waals surface area contributed by atoms with Crippen LogP contribution < -0.4 is 5.43 Å². The van der Waals surface area contributed by atoms with Gasteiger partial charge in [-0.15, -0.1) is 0 Å². The summed E-state index contributed by atoms with van der Waals surface area (Å²) in [4.78, 5) is 4.28. The van der Waals surface area contributed by atoms with Gasteiger partial charge in [-0.05, 0) is 76.5 Å². The predicted molar refractivity (Wildman–Crippen MR) is 72.1 cm³/mol. The molecule has 3 nitrogen and oxygen atoms in total. The Morgan fingerprint density at radius 1 is 1.54 bits per heavy atom. The second-order valence-corrected chi connectivity index (χ2v) is 8.50. The monoisotopic (exact) mass is 481 g/mol. The maximum Gasteiger partial charge on any atom is 0.202 e. The Hall–Kier alpha value is 0.920. The smallest absolute Gasteiger partial charge is 0.202 e. The average molecular weight is 484 g/mol. The van der Waals surface area contributed by atoms with Gasteiger partial charge in [0.05, 0.1) is 15.3 Å². The third-order valence-electron chi connectivity index (χ3n) is 1.54. The molecular formula is C6H3Br3IN3. The molecule has 0 saturated heterocycles. The first kappa shape index (κ1) is 10.4. The fraction of sp³-hybridized carbons (Fsp3) is 0.167. The molecule has 1 unspecified atom stereocenters. The number of fused-ring (bicyclic) bond motifs is 1. The molecule has 0 fully saturated rings. The molecule has 0 saturated carbocycles. The lowest BCUT2D eigenvalue weighted by molar-refractivity contribution is 0.309. The van der Waals surface area contributed by atoms with Crippen molar-refractivity contribution in [2.24, 2.45) is 4.99 Å². The van der Waals surface area contributed by atoms with E-state index in [1.54, 1.807) is 0 Å². The van der Waals surface area contributed by atoms with Gasteiger partial charge in [0, 0.05) is 0 Å². The first-order chi connectivity index (χ1) is 6.00. The highest BCUT2D eigenvalue weighted by molar-refractivity contribution is 14.1. The highest BCUT2D eigenvalue weighted by Gasteiger charge is 2.39. The highest BCUT2D eigenvalue weighted by atomic mass is 127. The van der Waals surface area contributed by atoms with Crippen molar-refractivity contribution < 1.29 is 0 Å². The third-order valence-corrected chi connectivity index (χ3v) is 3.85. The van der Waals surface area contributed by atoms with E-state index in [0.717, 1.165) is 14.9 Å². The summed E-state index contributed by atoms with van der Waals surface area (Å²) < 4.78 is 1.55. The summed E-state index contributed by atoms with van der Waals surface area (Å²) in [5, 5.41) is 1.92. The number of allylic oxidation sites excluding steroid dienone is 2. The highest BCUT2D eigenvalue weighted by Crippen LogP contribution is 2.41. The molecule has 7 heteroatoms. The van der Waals surface area contributed by atoms with E-state index in [-0.39, 0.29) is 2.45 Å². The molecule has 13 heavy (non-hydrogen) atoms. The van der Waals surface area contributed by atoms with Crippen molar-refractivity contribution >= 4 is 76.6 Å². The number of hydrogen-bond donors (Lipinski definition) is 1. The van der Waals surface area contributed by atoms with E-state index in [9.17, 15) is 0 Å². The van der Waals surface area contributed by atoms with Gasteiger partial charge in [-0.2, -0.15) is 0 Å². The van der Waals surface area contributed by atoms with Crippen molar-refractivity contribution in [1.82, 2.24) is 10.4 Å². The first-order valence-electron chi connectivity index (χ1n) is 3.27. The van der Waals surface area contributed by atoms with Crippen LogP contribution in [-0.4, -0.2) is 13.7 Å². The summed E-state index contributed by atoms with van der Waals surface area (Å²) in [6.07, 6.45) is 3.75. The van der Waals surface area contributed by atoms with Gasteiger partial charge in [0.25, 0.3) is 0 Å². The first-order valence-corrected chi connectivity index (χ1v) is 6.73. The Bertz CT molecular complexity index is 347. The molecule has 2 rings (SSSR count). The summed E-state index contributed by atoms with van der Waals surface area (Å²) in [6.45, 7) is 0. The molecule has 70 valence electrons. The summed E-state index contributed by atoms with van der Waals surface area (Å²) in [5.74, 6) is 0.870. The molecule has 0 aliphatic carbocycles. The maximum absolute atomic E-state index is 4.28. The van der Waals surface area contributed by atoms with Crippen molar-refractivity contribution in [1.29, 1.82) is 0 Å². The zero-order valence-electron chi connectivity index (χ0n) is 6.06. The van der Waals surface area contributed by atoms with Crippen LogP contribution in [0.1, 0.15) is 0 Å². The topological polar surface area (TPSA) is 27.6 Å². The lowest BCUT2D eigenvalue weighted by Crippen LogP contribution is -2.44. The van der Waals surface area contributed by atoms with Crippen LogP contribution >= 0.6 is 70.4 Å². The molecule has 1 atom stereocenters. The van der Waals surface area contributed by atoms with E-state index in [1.807, 2.05) is 17.3 Å². The quantitative estimate of drug-likeness (QED) is 0.326. The van der Waals surface area contributed by atoms with Crippen LogP contribution in [0.25, 0.3) is 0 Å². The van der Waals surface area contributed by atoms with Crippen molar-refractivity contribution in [3.05, 3.63) is 21.0 Å². The van der Waals surface area contributed by atoms with Crippen molar-refractivity contribution in [3.63, 3.8) is 0 Å². The Balaban J connectivity index is 2.45. The number of nitrogens with zero attached hydrogens (tertiary/aromatic N) is 2. The molecule has 0 radical (unpaired) electrons. The lowest BCUT2D eigenvalue weighted by Gasteiger charge is -2.32. The summed E-state index contributed by atoms with van der Waals surface area (Å²) in [6, 6.07) is 0.